The Labute approximate surface area is 145 Å². The highest BCUT2D eigenvalue weighted by atomic mass is 79.9. The van der Waals surface area contributed by atoms with E-state index in [1.165, 1.54) is 57.1 Å². The Kier molecular flexibility index (Phi) is 5.47. The van der Waals surface area contributed by atoms with Crippen molar-refractivity contribution >= 4 is 31.9 Å². The fourth-order valence-electron chi connectivity index (χ4n) is 4.24. The number of hydrogen-bond acceptors (Lipinski definition) is 1. The normalized spacial score (nSPS) is 21.4. The molecule has 2 aliphatic rings. The van der Waals surface area contributed by atoms with Gasteiger partial charge in [0.1, 0.15) is 0 Å². The Morgan fingerprint density at radius 1 is 1.05 bits per heavy atom. The quantitative estimate of drug-likeness (QED) is 0.558. The van der Waals surface area contributed by atoms with E-state index >= 15 is 0 Å². The smallest absolute Gasteiger partial charge is 0.0630 e. The molecular weight excluding hydrogens is 392 g/mol. The predicted octanol–water partition coefficient (Wildman–Crippen LogP) is 5.51. The van der Waals surface area contributed by atoms with E-state index in [2.05, 4.69) is 48.8 Å². The summed E-state index contributed by atoms with van der Waals surface area (Å²) < 4.78 is 2.24. The Morgan fingerprint density at radius 3 is 2.29 bits per heavy atom. The van der Waals surface area contributed by atoms with Crippen LogP contribution in [0.5, 0.6) is 0 Å². The first-order valence-corrected chi connectivity index (χ1v) is 10.7. The van der Waals surface area contributed by atoms with Gasteiger partial charge in [-0.15, -0.1) is 0 Å². The number of alkyl halides is 2. The lowest BCUT2D eigenvalue weighted by Crippen LogP contribution is -2.35. The first-order valence-electron chi connectivity index (χ1n) is 8.43. The molecule has 0 radical (unpaired) electrons. The molecule has 2 aliphatic carbocycles. The molecule has 21 heavy (non-hydrogen) atoms. The van der Waals surface area contributed by atoms with Gasteiger partial charge in [0, 0.05) is 16.9 Å². The van der Waals surface area contributed by atoms with E-state index < -0.39 is 0 Å². The van der Waals surface area contributed by atoms with Gasteiger partial charge in [0.05, 0.1) is 11.7 Å². The Balaban J connectivity index is 1.73. The summed E-state index contributed by atoms with van der Waals surface area (Å²) in [6.45, 7) is 0. The van der Waals surface area contributed by atoms with Crippen LogP contribution in [0, 0.1) is 11.3 Å². The van der Waals surface area contributed by atoms with Crippen molar-refractivity contribution in [3.05, 3.63) is 18.0 Å². The Morgan fingerprint density at radius 2 is 1.67 bits per heavy atom. The predicted molar refractivity (Wildman–Crippen MR) is 95.4 cm³/mol. The lowest BCUT2D eigenvalue weighted by molar-refractivity contribution is 0.230. The summed E-state index contributed by atoms with van der Waals surface area (Å²) in [5.74, 6) is 0.841. The minimum Gasteiger partial charge on any atom is -0.269 e. The summed E-state index contributed by atoms with van der Waals surface area (Å²) in [5, 5.41) is 7.07. The van der Waals surface area contributed by atoms with E-state index in [9.17, 15) is 0 Å². The molecule has 0 aliphatic heterocycles. The molecule has 4 heteroatoms. The van der Waals surface area contributed by atoms with Crippen molar-refractivity contribution in [1.82, 2.24) is 9.78 Å². The third-order valence-corrected chi connectivity index (χ3v) is 7.88. The van der Waals surface area contributed by atoms with E-state index in [4.69, 9.17) is 5.10 Å². The van der Waals surface area contributed by atoms with Crippen LogP contribution in [0.2, 0.25) is 0 Å². The van der Waals surface area contributed by atoms with Crippen LogP contribution < -0.4 is 0 Å². The Bertz CT molecular complexity index is 441. The zero-order valence-electron chi connectivity index (χ0n) is 12.7. The number of halogens is 2. The second kappa shape index (κ2) is 7.16. The molecule has 2 nitrogen and oxygen atoms in total. The zero-order chi connectivity index (χ0) is 14.7. The van der Waals surface area contributed by atoms with E-state index in [1.807, 2.05) is 0 Å². The molecule has 1 heterocycles. The van der Waals surface area contributed by atoms with Crippen molar-refractivity contribution in [2.24, 2.45) is 11.3 Å². The monoisotopic (exact) mass is 416 g/mol. The highest BCUT2D eigenvalue weighted by Gasteiger charge is 2.39. The molecule has 118 valence electrons. The van der Waals surface area contributed by atoms with Gasteiger partial charge in [-0.2, -0.15) is 5.10 Å². The topological polar surface area (TPSA) is 17.8 Å². The van der Waals surface area contributed by atoms with E-state index in [1.54, 1.807) is 0 Å². The maximum absolute atomic E-state index is 4.92. The van der Waals surface area contributed by atoms with Crippen LogP contribution >= 0.6 is 31.9 Å². The van der Waals surface area contributed by atoms with Crippen LogP contribution in [-0.4, -0.2) is 20.4 Å². The second-order valence-corrected chi connectivity index (χ2v) is 8.13. The summed E-state index contributed by atoms with van der Waals surface area (Å²) >= 11 is 7.62. The minimum absolute atomic E-state index is 0.339. The number of rotatable bonds is 6. The fraction of sp³-hybridized carbons (Fsp3) is 0.824. The van der Waals surface area contributed by atoms with E-state index in [-0.39, 0.29) is 0 Å². The summed E-state index contributed by atoms with van der Waals surface area (Å²) in [7, 11) is 0. The molecule has 0 bridgehead atoms. The molecule has 0 unspecified atom stereocenters. The number of hydrogen-bond donors (Lipinski definition) is 0. The molecule has 0 N–H and O–H groups in total. The zero-order valence-corrected chi connectivity index (χ0v) is 15.9. The molecule has 2 fully saturated rings. The van der Waals surface area contributed by atoms with Crippen molar-refractivity contribution in [3.8, 4) is 0 Å². The van der Waals surface area contributed by atoms with Crippen LogP contribution in [-0.2, 0) is 6.42 Å². The molecule has 1 aromatic heterocycles. The summed E-state index contributed by atoms with van der Waals surface area (Å²) in [4.78, 5) is 0. The van der Waals surface area contributed by atoms with Gasteiger partial charge in [-0.1, -0.05) is 57.5 Å². The highest BCUT2D eigenvalue weighted by molar-refractivity contribution is 9.09. The fourth-order valence-corrected chi connectivity index (χ4v) is 6.48. The maximum atomic E-state index is 4.92. The van der Waals surface area contributed by atoms with Crippen molar-refractivity contribution in [2.45, 2.75) is 63.8 Å². The first-order chi connectivity index (χ1) is 10.3. The SMILES string of the molecule is BrCC(CBr)(Cc1ccn(C2CCCC2)n1)C1CCCC1. The third kappa shape index (κ3) is 3.41. The third-order valence-electron chi connectivity index (χ3n) is 5.65. The largest absolute Gasteiger partial charge is 0.269 e. The summed E-state index contributed by atoms with van der Waals surface area (Å²) in [5.41, 5.74) is 1.62. The summed E-state index contributed by atoms with van der Waals surface area (Å²) in [6, 6.07) is 2.92. The molecule has 3 rings (SSSR count). The molecule has 0 spiro atoms. The van der Waals surface area contributed by atoms with Crippen molar-refractivity contribution in [2.75, 3.05) is 10.7 Å². The first kappa shape index (κ1) is 16.0. The highest BCUT2D eigenvalue weighted by Crippen LogP contribution is 2.44. The summed E-state index contributed by atoms with van der Waals surface area (Å²) in [6.07, 6.45) is 14.3. The standard InChI is InChI=1S/C17H26Br2N2/c18-12-17(13-19,14-5-1-2-6-14)11-15-9-10-21(20-15)16-7-3-4-8-16/h9-10,14,16H,1-8,11-13H2. The average molecular weight is 418 g/mol. The van der Waals surface area contributed by atoms with Gasteiger partial charge in [0.15, 0.2) is 0 Å². The van der Waals surface area contributed by atoms with Gasteiger partial charge in [-0.25, -0.2) is 0 Å². The maximum Gasteiger partial charge on any atom is 0.0630 e. The van der Waals surface area contributed by atoms with Crippen molar-refractivity contribution < 1.29 is 0 Å². The minimum atomic E-state index is 0.339. The van der Waals surface area contributed by atoms with Crippen LogP contribution in [0.15, 0.2) is 12.3 Å². The second-order valence-electron chi connectivity index (χ2n) is 7.01. The van der Waals surface area contributed by atoms with Crippen LogP contribution in [0.4, 0.5) is 0 Å². The van der Waals surface area contributed by atoms with Gasteiger partial charge in [0.25, 0.3) is 0 Å². The number of aromatic nitrogens is 2. The van der Waals surface area contributed by atoms with Gasteiger partial charge in [-0.3, -0.25) is 4.68 Å². The van der Waals surface area contributed by atoms with Gasteiger partial charge >= 0.3 is 0 Å². The lowest BCUT2D eigenvalue weighted by Gasteiger charge is -2.36. The molecule has 2 saturated carbocycles. The molecule has 1 aromatic rings. The van der Waals surface area contributed by atoms with Gasteiger partial charge in [0.2, 0.25) is 0 Å². The Hall–Kier alpha value is 0.170. The molecule has 0 saturated heterocycles. The van der Waals surface area contributed by atoms with Crippen molar-refractivity contribution in [3.63, 3.8) is 0 Å². The van der Waals surface area contributed by atoms with Crippen LogP contribution in [0.25, 0.3) is 0 Å². The molecular formula is C17H26Br2N2. The van der Waals surface area contributed by atoms with Crippen LogP contribution in [0.1, 0.15) is 63.1 Å². The molecule has 0 atom stereocenters. The van der Waals surface area contributed by atoms with E-state index in [0.29, 0.717) is 11.5 Å². The number of nitrogens with zero attached hydrogens (tertiary/aromatic N) is 2. The van der Waals surface area contributed by atoms with Gasteiger partial charge in [-0.05, 0) is 49.5 Å². The van der Waals surface area contributed by atoms with Crippen LogP contribution in [0.3, 0.4) is 0 Å². The lowest BCUT2D eigenvalue weighted by atomic mass is 9.74. The van der Waals surface area contributed by atoms with E-state index in [0.717, 1.165) is 23.0 Å². The molecule has 0 aromatic carbocycles. The van der Waals surface area contributed by atoms with Crippen molar-refractivity contribution in [1.29, 1.82) is 0 Å². The average Bonchev–Trinajstić information content (AvgIpc) is 3.25. The molecule has 0 amide bonds. The van der Waals surface area contributed by atoms with Gasteiger partial charge < -0.3 is 0 Å².